The van der Waals surface area contributed by atoms with Gasteiger partial charge in [-0.15, -0.1) is 0 Å². The first-order valence-corrected chi connectivity index (χ1v) is 7.66. The molecule has 1 aliphatic rings. The lowest BCUT2D eigenvalue weighted by Crippen LogP contribution is -2.36. The molecule has 0 spiro atoms. The third kappa shape index (κ3) is 3.67. The van der Waals surface area contributed by atoms with Crippen LogP contribution in [0.15, 0.2) is 24.3 Å². The topological polar surface area (TPSA) is 12.5 Å². The van der Waals surface area contributed by atoms with Gasteiger partial charge >= 0.3 is 0 Å². The molecule has 1 saturated carbocycles. The van der Waals surface area contributed by atoms with Crippen molar-refractivity contribution in [2.24, 2.45) is 5.41 Å². The lowest BCUT2D eigenvalue weighted by atomic mass is 10.0. The van der Waals surface area contributed by atoms with E-state index in [0.717, 1.165) is 24.5 Å². The average Bonchev–Trinajstić information content (AvgIpc) is 3.19. The molecule has 1 unspecified atom stereocenters. The normalized spacial score (nSPS) is 18.4. The maximum Gasteiger partial charge on any atom is 0.122 e. The Hall–Kier alpha value is -0.670. The third-order valence-electron chi connectivity index (χ3n) is 4.34. The number of para-hydroxylation sites is 1. The number of benzene rings is 1. The largest absolute Gasteiger partial charge is 0.496 e. The van der Waals surface area contributed by atoms with E-state index in [2.05, 4.69) is 43.6 Å². The van der Waals surface area contributed by atoms with Gasteiger partial charge < -0.3 is 9.64 Å². The Morgan fingerprint density at radius 2 is 2.05 bits per heavy atom. The van der Waals surface area contributed by atoms with Crippen LogP contribution in [0.1, 0.15) is 25.3 Å². The van der Waals surface area contributed by atoms with Crippen LogP contribution in [-0.2, 0) is 6.42 Å². The molecule has 1 aromatic rings. The highest BCUT2D eigenvalue weighted by atomic mass is 32.1. The smallest absolute Gasteiger partial charge is 0.122 e. The van der Waals surface area contributed by atoms with Crippen LogP contribution >= 0.6 is 12.6 Å². The van der Waals surface area contributed by atoms with E-state index in [4.69, 9.17) is 4.74 Å². The summed E-state index contributed by atoms with van der Waals surface area (Å²) < 4.78 is 5.43. The highest BCUT2D eigenvalue weighted by Gasteiger charge is 2.42. The Morgan fingerprint density at radius 3 is 2.63 bits per heavy atom. The zero-order valence-electron chi connectivity index (χ0n) is 12.2. The number of nitrogens with zero attached hydrogens (tertiary/aromatic N) is 1. The van der Waals surface area contributed by atoms with Gasteiger partial charge in [0.25, 0.3) is 0 Å². The average molecular weight is 279 g/mol. The number of ether oxygens (including phenoxy) is 1. The van der Waals surface area contributed by atoms with Crippen molar-refractivity contribution in [3.63, 3.8) is 0 Å². The van der Waals surface area contributed by atoms with E-state index in [1.54, 1.807) is 7.11 Å². The standard InChI is InChI=1S/C16H25NOS/c1-13(17(2)11-16(12-19)8-9-16)10-14-6-4-5-7-15(14)18-3/h4-7,13,19H,8-12H2,1-3H3. The number of methoxy groups -OCH3 is 1. The van der Waals surface area contributed by atoms with Crippen molar-refractivity contribution in [3.8, 4) is 5.75 Å². The molecule has 1 atom stereocenters. The molecule has 0 radical (unpaired) electrons. The quantitative estimate of drug-likeness (QED) is 0.769. The summed E-state index contributed by atoms with van der Waals surface area (Å²) in [5.74, 6) is 2.01. The van der Waals surface area contributed by atoms with Crippen LogP contribution in [0.2, 0.25) is 0 Å². The van der Waals surface area contributed by atoms with Crippen molar-refractivity contribution < 1.29 is 4.74 Å². The molecule has 0 bridgehead atoms. The molecule has 0 amide bonds. The first kappa shape index (κ1) is 14.7. The summed E-state index contributed by atoms with van der Waals surface area (Å²) in [7, 11) is 3.97. The van der Waals surface area contributed by atoms with Crippen LogP contribution in [0.4, 0.5) is 0 Å². The van der Waals surface area contributed by atoms with Crippen molar-refractivity contribution in [2.75, 3.05) is 26.5 Å². The monoisotopic (exact) mass is 279 g/mol. The first-order chi connectivity index (χ1) is 9.10. The van der Waals surface area contributed by atoms with Crippen LogP contribution in [0.5, 0.6) is 5.75 Å². The molecule has 0 aliphatic heterocycles. The van der Waals surface area contributed by atoms with E-state index in [9.17, 15) is 0 Å². The van der Waals surface area contributed by atoms with Crippen molar-refractivity contribution in [1.82, 2.24) is 4.90 Å². The number of thiol groups is 1. The van der Waals surface area contributed by atoms with Gasteiger partial charge in [0, 0.05) is 12.6 Å². The van der Waals surface area contributed by atoms with Crippen molar-refractivity contribution in [1.29, 1.82) is 0 Å². The Kier molecular flexibility index (Phi) is 4.80. The predicted molar refractivity (Wildman–Crippen MR) is 84.3 cm³/mol. The van der Waals surface area contributed by atoms with E-state index in [1.165, 1.54) is 18.4 Å². The van der Waals surface area contributed by atoms with E-state index in [-0.39, 0.29) is 0 Å². The highest BCUT2D eigenvalue weighted by molar-refractivity contribution is 7.80. The van der Waals surface area contributed by atoms with Gasteiger partial charge in [0.15, 0.2) is 0 Å². The van der Waals surface area contributed by atoms with E-state index < -0.39 is 0 Å². The fourth-order valence-corrected chi connectivity index (χ4v) is 2.99. The molecule has 19 heavy (non-hydrogen) atoms. The second-order valence-corrected chi connectivity index (χ2v) is 6.25. The molecular weight excluding hydrogens is 254 g/mol. The zero-order chi connectivity index (χ0) is 13.9. The van der Waals surface area contributed by atoms with Gasteiger partial charge in [0.05, 0.1) is 7.11 Å². The Labute approximate surface area is 122 Å². The van der Waals surface area contributed by atoms with Gasteiger partial charge in [-0.3, -0.25) is 0 Å². The number of hydrogen-bond donors (Lipinski definition) is 1. The first-order valence-electron chi connectivity index (χ1n) is 7.03. The summed E-state index contributed by atoms with van der Waals surface area (Å²) in [6, 6.07) is 8.83. The van der Waals surface area contributed by atoms with Crippen molar-refractivity contribution in [3.05, 3.63) is 29.8 Å². The minimum absolute atomic E-state index is 0.493. The Bertz CT molecular complexity index is 417. The highest BCUT2D eigenvalue weighted by Crippen LogP contribution is 2.47. The fourth-order valence-electron chi connectivity index (χ4n) is 2.57. The molecule has 3 heteroatoms. The van der Waals surface area contributed by atoms with Gasteiger partial charge in [0.1, 0.15) is 5.75 Å². The van der Waals surface area contributed by atoms with Crippen LogP contribution in [0, 0.1) is 5.41 Å². The van der Waals surface area contributed by atoms with Gasteiger partial charge in [-0.05, 0) is 56.0 Å². The Balaban J connectivity index is 1.94. The maximum absolute atomic E-state index is 5.43. The molecule has 1 fully saturated rings. The van der Waals surface area contributed by atoms with Crippen molar-refractivity contribution in [2.45, 2.75) is 32.2 Å². The summed E-state index contributed by atoms with van der Waals surface area (Å²) in [6.07, 6.45) is 3.70. The number of rotatable bonds is 7. The summed E-state index contributed by atoms with van der Waals surface area (Å²) in [6.45, 7) is 3.45. The summed E-state index contributed by atoms with van der Waals surface area (Å²) >= 11 is 4.49. The summed E-state index contributed by atoms with van der Waals surface area (Å²) in [4.78, 5) is 2.47. The SMILES string of the molecule is COc1ccccc1CC(C)N(C)CC1(CS)CC1. The van der Waals surface area contributed by atoms with Crippen LogP contribution < -0.4 is 4.74 Å². The van der Waals surface area contributed by atoms with Gasteiger partial charge in [-0.2, -0.15) is 12.6 Å². The third-order valence-corrected chi connectivity index (χ3v) is 5.01. The second kappa shape index (κ2) is 6.19. The van der Waals surface area contributed by atoms with Crippen molar-refractivity contribution >= 4 is 12.6 Å². The Morgan fingerprint density at radius 1 is 1.37 bits per heavy atom. The van der Waals surface area contributed by atoms with Gasteiger partial charge in [-0.25, -0.2) is 0 Å². The molecule has 0 heterocycles. The number of hydrogen-bond acceptors (Lipinski definition) is 3. The second-order valence-electron chi connectivity index (χ2n) is 5.94. The molecule has 2 nitrogen and oxygen atoms in total. The summed E-state index contributed by atoms with van der Waals surface area (Å²) in [5, 5.41) is 0. The van der Waals surface area contributed by atoms with E-state index >= 15 is 0 Å². The molecular formula is C16H25NOS. The molecule has 0 aromatic heterocycles. The molecule has 106 valence electrons. The van der Waals surface area contributed by atoms with Gasteiger partial charge in [-0.1, -0.05) is 18.2 Å². The molecule has 1 aromatic carbocycles. The van der Waals surface area contributed by atoms with E-state index in [1.807, 2.05) is 12.1 Å². The molecule has 1 aliphatic carbocycles. The maximum atomic E-state index is 5.43. The lowest BCUT2D eigenvalue weighted by Gasteiger charge is -2.29. The predicted octanol–water partition coefficient (Wildman–Crippen LogP) is 3.27. The van der Waals surface area contributed by atoms with Crippen LogP contribution in [-0.4, -0.2) is 37.4 Å². The minimum Gasteiger partial charge on any atom is -0.496 e. The van der Waals surface area contributed by atoms with Crippen LogP contribution in [0.3, 0.4) is 0 Å². The van der Waals surface area contributed by atoms with Crippen LogP contribution in [0.25, 0.3) is 0 Å². The molecule has 0 saturated heterocycles. The minimum atomic E-state index is 0.493. The fraction of sp³-hybridized carbons (Fsp3) is 0.625. The lowest BCUT2D eigenvalue weighted by molar-refractivity contribution is 0.215. The summed E-state index contributed by atoms with van der Waals surface area (Å²) in [5.41, 5.74) is 1.78. The van der Waals surface area contributed by atoms with Gasteiger partial charge in [0.2, 0.25) is 0 Å². The zero-order valence-corrected chi connectivity index (χ0v) is 13.1. The number of likely N-dealkylation sites (N-methyl/N-ethyl adjacent to an activating group) is 1. The molecule has 2 rings (SSSR count). The molecule has 0 N–H and O–H groups in total. The van der Waals surface area contributed by atoms with E-state index in [0.29, 0.717) is 11.5 Å².